The highest BCUT2D eigenvalue weighted by molar-refractivity contribution is 5.77. The summed E-state index contributed by atoms with van der Waals surface area (Å²) in [5, 5.41) is 9.60. The number of aryl methyl sites for hydroxylation is 1. The summed E-state index contributed by atoms with van der Waals surface area (Å²) in [6.45, 7) is 1.03. The molecule has 0 spiro atoms. The van der Waals surface area contributed by atoms with Crippen LogP contribution in [-0.4, -0.2) is 22.7 Å². The van der Waals surface area contributed by atoms with Crippen molar-refractivity contribution in [2.24, 2.45) is 0 Å². The standard InChI is InChI=1S/C16H19F3O2/c1-13(20)12-15(21,16(17,18)19)11-7-3-6-10-14-8-4-2-5-9-14/h2,4-5,7-9,11,21H,3,6,10,12H2,1H3/b11-7+/t15-/m1/s1. The number of hydrogen-bond donors (Lipinski definition) is 1. The van der Waals surface area contributed by atoms with E-state index in [1.54, 1.807) is 0 Å². The molecule has 0 aliphatic heterocycles. The number of carbonyl (C=O) groups is 1. The first-order chi connectivity index (χ1) is 9.74. The molecule has 0 heterocycles. The monoisotopic (exact) mass is 300 g/mol. The maximum atomic E-state index is 12.8. The average molecular weight is 300 g/mol. The van der Waals surface area contributed by atoms with Gasteiger partial charge in [-0.05, 0) is 37.8 Å². The Bertz CT molecular complexity index is 480. The van der Waals surface area contributed by atoms with Gasteiger partial charge < -0.3 is 5.11 Å². The Morgan fingerprint density at radius 1 is 1.24 bits per heavy atom. The van der Waals surface area contributed by atoms with Crippen LogP contribution in [0.25, 0.3) is 0 Å². The van der Waals surface area contributed by atoms with Gasteiger partial charge in [-0.25, -0.2) is 0 Å². The van der Waals surface area contributed by atoms with Crippen LogP contribution in [0.2, 0.25) is 0 Å². The smallest absolute Gasteiger partial charge is 0.376 e. The van der Waals surface area contributed by atoms with Gasteiger partial charge in [-0.15, -0.1) is 0 Å². The topological polar surface area (TPSA) is 37.3 Å². The molecule has 1 aromatic carbocycles. The summed E-state index contributed by atoms with van der Waals surface area (Å²) < 4.78 is 38.4. The van der Waals surface area contributed by atoms with E-state index >= 15 is 0 Å². The van der Waals surface area contributed by atoms with Crippen molar-refractivity contribution < 1.29 is 23.1 Å². The number of carbonyl (C=O) groups excluding carboxylic acids is 1. The normalized spacial score (nSPS) is 15.1. The number of unbranched alkanes of at least 4 members (excludes halogenated alkanes) is 1. The third-order valence-corrected chi connectivity index (χ3v) is 3.08. The fraction of sp³-hybridized carbons (Fsp3) is 0.438. The van der Waals surface area contributed by atoms with E-state index in [1.165, 1.54) is 6.08 Å². The van der Waals surface area contributed by atoms with Crippen molar-refractivity contribution in [3.63, 3.8) is 0 Å². The molecule has 2 nitrogen and oxygen atoms in total. The highest BCUT2D eigenvalue weighted by Crippen LogP contribution is 2.34. The molecule has 0 saturated heterocycles. The molecule has 0 saturated carbocycles. The van der Waals surface area contributed by atoms with E-state index < -0.39 is 24.0 Å². The van der Waals surface area contributed by atoms with Gasteiger partial charge in [-0.3, -0.25) is 4.79 Å². The number of aliphatic hydroxyl groups is 1. The first kappa shape index (κ1) is 17.4. The molecule has 5 heteroatoms. The lowest BCUT2D eigenvalue weighted by Gasteiger charge is -2.26. The fourth-order valence-electron chi connectivity index (χ4n) is 1.98. The summed E-state index contributed by atoms with van der Waals surface area (Å²) in [4.78, 5) is 10.9. The molecule has 1 N–H and O–H groups in total. The molecule has 0 aromatic heterocycles. The van der Waals surface area contributed by atoms with Crippen molar-refractivity contribution in [2.45, 2.75) is 44.4 Å². The quantitative estimate of drug-likeness (QED) is 0.613. The Morgan fingerprint density at radius 2 is 1.86 bits per heavy atom. The molecule has 1 aromatic rings. The van der Waals surface area contributed by atoms with Crippen molar-refractivity contribution in [1.29, 1.82) is 0 Å². The van der Waals surface area contributed by atoms with E-state index in [-0.39, 0.29) is 0 Å². The lowest BCUT2D eigenvalue weighted by atomic mass is 9.95. The first-order valence-corrected chi connectivity index (χ1v) is 6.75. The molecule has 0 aliphatic carbocycles. The summed E-state index contributed by atoms with van der Waals surface area (Å²) in [6.07, 6.45) is -1.99. The minimum Gasteiger partial charge on any atom is -0.376 e. The summed E-state index contributed by atoms with van der Waals surface area (Å²) in [5.74, 6) is -0.705. The fourth-order valence-corrected chi connectivity index (χ4v) is 1.98. The Hall–Kier alpha value is -1.62. The Kier molecular flexibility index (Phi) is 6.15. The van der Waals surface area contributed by atoms with Crippen molar-refractivity contribution in [1.82, 2.24) is 0 Å². The van der Waals surface area contributed by atoms with Crippen LogP contribution >= 0.6 is 0 Å². The molecule has 0 fully saturated rings. The zero-order valence-corrected chi connectivity index (χ0v) is 11.9. The van der Waals surface area contributed by atoms with E-state index in [4.69, 9.17) is 0 Å². The zero-order chi connectivity index (χ0) is 15.9. The van der Waals surface area contributed by atoms with E-state index in [2.05, 4.69) is 0 Å². The third kappa shape index (κ3) is 5.71. The summed E-state index contributed by atoms with van der Waals surface area (Å²) in [7, 11) is 0. The van der Waals surface area contributed by atoms with Crippen molar-refractivity contribution in [3.8, 4) is 0 Å². The number of allylic oxidation sites excluding steroid dienone is 1. The van der Waals surface area contributed by atoms with Gasteiger partial charge in [0.2, 0.25) is 0 Å². The summed E-state index contributed by atoms with van der Waals surface area (Å²) in [5.41, 5.74) is -1.95. The molecule has 1 atom stereocenters. The Labute approximate surface area is 122 Å². The second kappa shape index (κ2) is 7.41. The molecule has 1 rings (SSSR count). The van der Waals surface area contributed by atoms with Gasteiger partial charge >= 0.3 is 6.18 Å². The number of alkyl halides is 3. The van der Waals surface area contributed by atoms with Gasteiger partial charge in [0.25, 0.3) is 0 Å². The predicted octanol–water partition coefficient (Wildman–Crippen LogP) is 3.84. The van der Waals surface area contributed by atoms with Crippen molar-refractivity contribution >= 4 is 5.78 Å². The minimum absolute atomic E-state index is 0.408. The van der Waals surface area contributed by atoms with Gasteiger partial charge in [-0.2, -0.15) is 13.2 Å². The Balaban J connectivity index is 2.54. The van der Waals surface area contributed by atoms with Crippen LogP contribution in [0.4, 0.5) is 13.2 Å². The first-order valence-electron chi connectivity index (χ1n) is 6.75. The van der Waals surface area contributed by atoms with Crippen LogP contribution in [0.1, 0.15) is 31.7 Å². The maximum Gasteiger partial charge on any atom is 0.421 e. The molecule has 0 bridgehead atoms. The zero-order valence-electron chi connectivity index (χ0n) is 11.9. The molecular formula is C16H19F3O2. The number of Topliss-reactive ketones (excluding diaryl/α,β-unsaturated/α-hetero) is 1. The largest absolute Gasteiger partial charge is 0.421 e. The van der Waals surface area contributed by atoms with Crippen LogP contribution in [-0.2, 0) is 11.2 Å². The van der Waals surface area contributed by atoms with Crippen LogP contribution in [0.3, 0.4) is 0 Å². The average Bonchev–Trinajstić information content (AvgIpc) is 2.37. The lowest BCUT2D eigenvalue weighted by molar-refractivity contribution is -0.240. The molecule has 21 heavy (non-hydrogen) atoms. The number of halogens is 3. The van der Waals surface area contributed by atoms with Gasteiger partial charge in [0, 0.05) is 6.42 Å². The number of ketones is 1. The Morgan fingerprint density at radius 3 is 2.38 bits per heavy atom. The van der Waals surface area contributed by atoms with E-state index in [0.29, 0.717) is 18.9 Å². The molecule has 0 amide bonds. The van der Waals surface area contributed by atoms with Crippen LogP contribution in [0.15, 0.2) is 42.5 Å². The van der Waals surface area contributed by atoms with E-state index in [0.717, 1.165) is 18.9 Å². The van der Waals surface area contributed by atoms with Crippen molar-refractivity contribution in [3.05, 3.63) is 48.0 Å². The highest BCUT2D eigenvalue weighted by Gasteiger charge is 2.52. The minimum atomic E-state index is -4.85. The van der Waals surface area contributed by atoms with Gasteiger partial charge in [0.1, 0.15) is 5.78 Å². The lowest BCUT2D eigenvalue weighted by Crippen LogP contribution is -2.44. The van der Waals surface area contributed by atoms with Crippen LogP contribution in [0.5, 0.6) is 0 Å². The SMILES string of the molecule is CC(=O)C[C@](O)(/C=C/CCCc1ccccc1)C(F)(F)F. The summed E-state index contributed by atoms with van der Waals surface area (Å²) >= 11 is 0. The number of benzene rings is 1. The molecular weight excluding hydrogens is 281 g/mol. The predicted molar refractivity (Wildman–Crippen MR) is 74.8 cm³/mol. The summed E-state index contributed by atoms with van der Waals surface area (Å²) in [6, 6.07) is 9.60. The third-order valence-electron chi connectivity index (χ3n) is 3.08. The molecule has 116 valence electrons. The van der Waals surface area contributed by atoms with Crippen molar-refractivity contribution in [2.75, 3.05) is 0 Å². The second-order valence-electron chi connectivity index (χ2n) is 5.08. The second-order valence-corrected chi connectivity index (χ2v) is 5.08. The highest BCUT2D eigenvalue weighted by atomic mass is 19.4. The molecule has 0 aliphatic rings. The maximum absolute atomic E-state index is 12.8. The van der Waals surface area contributed by atoms with Gasteiger partial charge in [0.05, 0.1) is 0 Å². The van der Waals surface area contributed by atoms with Gasteiger partial charge in [0.15, 0.2) is 5.60 Å². The van der Waals surface area contributed by atoms with E-state index in [9.17, 15) is 23.1 Å². The van der Waals surface area contributed by atoms with E-state index in [1.807, 2.05) is 30.3 Å². The van der Waals surface area contributed by atoms with Crippen LogP contribution < -0.4 is 0 Å². The number of rotatable bonds is 7. The number of hydrogen-bond acceptors (Lipinski definition) is 2. The molecule has 0 unspecified atom stereocenters. The molecule has 0 radical (unpaired) electrons. The van der Waals surface area contributed by atoms with Gasteiger partial charge in [-0.1, -0.05) is 36.4 Å². The van der Waals surface area contributed by atoms with Crippen LogP contribution in [0, 0.1) is 0 Å².